The van der Waals surface area contributed by atoms with Crippen LogP contribution >= 0.6 is 11.3 Å². The maximum Gasteiger partial charge on any atom is 0.272 e. The van der Waals surface area contributed by atoms with E-state index in [1.807, 2.05) is 36.1 Å². The topological polar surface area (TPSA) is 75.2 Å². The van der Waals surface area contributed by atoms with Crippen LogP contribution in [0.5, 0.6) is 0 Å². The number of amides is 2. The number of aromatic nitrogens is 2. The number of piperidine rings is 1. The van der Waals surface area contributed by atoms with Gasteiger partial charge in [-0.25, -0.2) is 9.97 Å². The number of carbonyl (C=O) groups is 2. The molecular weight excluding hydrogens is 372 g/mol. The summed E-state index contributed by atoms with van der Waals surface area (Å²) in [6, 6.07) is 9.47. The summed E-state index contributed by atoms with van der Waals surface area (Å²) in [5, 5.41) is 3.80. The highest BCUT2D eigenvalue weighted by atomic mass is 32.1. The Labute approximate surface area is 167 Å². The Bertz CT molecular complexity index is 1040. The molecule has 7 heteroatoms. The van der Waals surface area contributed by atoms with Gasteiger partial charge >= 0.3 is 0 Å². The molecule has 28 heavy (non-hydrogen) atoms. The number of hydrogen-bond donors (Lipinski definition) is 1. The second-order valence-corrected chi connectivity index (χ2v) is 8.01. The summed E-state index contributed by atoms with van der Waals surface area (Å²) >= 11 is 1.44. The highest BCUT2D eigenvalue weighted by Crippen LogP contribution is 2.39. The fourth-order valence-electron chi connectivity index (χ4n) is 3.83. The van der Waals surface area contributed by atoms with Crippen LogP contribution in [0.1, 0.15) is 50.2 Å². The van der Waals surface area contributed by atoms with Gasteiger partial charge in [0.05, 0.1) is 4.88 Å². The van der Waals surface area contributed by atoms with Gasteiger partial charge in [-0.15, -0.1) is 11.3 Å². The predicted molar refractivity (Wildman–Crippen MR) is 110 cm³/mol. The van der Waals surface area contributed by atoms with Crippen molar-refractivity contribution in [3.8, 4) is 0 Å². The number of nitrogens with zero attached hydrogens (tertiary/aromatic N) is 3. The first-order valence-corrected chi connectivity index (χ1v) is 10.2. The maximum atomic E-state index is 12.8. The third kappa shape index (κ3) is 3.38. The molecule has 1 aliphatic heterocycles. The fraction of sp³-hybridized carbons (Fsp3) is 0.333. The summed E-state index contributed by atoms with van der Waals surface area (Å²) in [6.45, 7) is 3.20. The third-order valence-electron chi connectivity index (χ3n) is 5.24. The number of thiophene rings is 1. The normalized spacial score (nSPS) is 15.0. The van der Waals surface area contributed by atoms with Crippen LogP contribution < -0.4 is 5.32 Å². The molecule has 0 unspecified atom stereocenters. The Balaban J connectivity index is 1.57. The first-order valence-electron chi connectivity index (χ1n) is 9.41. The SMILES string of the molecule is CNC(=O)c1sc2ncccc2c1C1CCN(C(=O)c2cccc(C)n2)CC1. The zero-order chi connectivity index (χ0) is 19.7. The van der Waals surface area contributed by atoms with Gasteiger partial charge < -0.3 is 10.2 Å². The summed E-state index contributed by atoms with van der Waals surface area (Å²) in [5.74, 6) is 0.144. The van der Waals surface area contributed by atoms with Crippen LogP contribution in [0.2, 0.25) is 0 Å². The van der Waals surface area contributed by atoms with Crippen LogP contribution in [0.15, 0.2) is 36.5 Å². The zero-order valence-corrected chi connectivity index (χ0v) is 16.8. The van der Waals surface area contributed by atoms with E-state index < -0.39 is 0 Å². The second-order valence-electron chi connectivity index (χ2n) is 7.01. The van der Waals surface area contributed by atoms with E-state index in [1.54, 1.807) is 19.3 Å². The number of nitrogens with one attached hydrogen (secondary N) is 1. The van der Waals surface area contributed by atoms with E-state index in [0.717, 1.165) is 39.2 Å². The molecule has 144 valence electrons. The molecule has 1 N–H and O–H groups in total. The van der Waals surface area contributed by atoms with Crippen molar-refractivity contribution < 1.29 is 9.59 Å². The molecule has 1 saturated heterocycles. The van der Waals surface area contributed by atoms with E-state index in [4.69, 9.17) is 0 Å². The standard InChI is InChI=1S/C21H22N4O2S/c1-13-5-3-7-16(24-13)21(27)25-11-8-14(9-12-25)17-15-6-4-10-23-20(15)28-18(17)19(26)22-2/h3-7,10,14H,8-9,11-12H2,1-2H3,(H,22,26). The second kappa shape index (κ2) is 7.67. The van der Waals surface area contributed by atoms with Gasteiger partial charge in [0, 0.05) is 37.4 Å². The largest absolute Gasteiger partial charge is 0.354 e. The molecule has 0 aliphatic carbocycles. The fourth-order valence-corrected chi connectivity index (χ4v) is 5.01. The number of rotatable bonds is 3. The molecular formula is C21H22N4O2S. The third-order valence-corrected chi connectivity index (χ3v) is 6.36. The number of aryl methyl sites for hydroxylation is 1. The molecule has 0 atom stereocenters. The zero-order valence-electron chi connectivity index (χ0n) is 15.9. The molecule has 3 aromatic heterocycles. The van der Waals surface area contributed by atoms with E-state index in [1.165, 1.54) is 11.3 Å². The predicted octanol–water partition coefficient (Wildman–Crippen LogP) is 3.38. The van der Waals surface area contributed by atoms with Crippen LogP contribution in [-0.4, -0.2) is 46.8 Å². The number of pyridine rings is 2. The van der Waals surface area contributed by atoms with Gasteiger partial charge in [-0.3, -0.25) is 9.59 Å². The number of hydrogen-bond acceptors (Lipinski definition) is 5. The first kappa shape index (κ1) is 18.6. The Morgan fingerprint density at radius 2 is 1.96 bits per heavy atom. The average Bonchev–Trinajstić information content (AvgIpc) is 3.12. The smallest absolute Gasteiger partial charge is 0.272 e. The Morgan fingerprint density at radius 1 is 1.18 bits per heavy atom. The summed E-state index contributed by atoms with van der Waals surface area (Å²) in [5.41, 5.74) is 2.41. The summed E-state index contributed by atoms with van der Waals surface area (Å²) in [4.78, 5) is 37.5. The lowest BCUT2D eigenvalue weighted by molar-refractivity contribution is 0.0706. The minimum absolute atomic E-state index is 0.0227. The molecule has 3 aromatic rings. The lowest BCUT2D eigenvalue weighted by Crippen LogP contribution is -2.38. The minimum atomic E-state index is -0.0690. The van der Waals surface area contributed by atoms with Gasteiger partial charge in [0.15, 0.2) is 0 Å². The molecule has 0 aromatic carbocycles. The molecule has 4 heterocycles. The highest BCUT2D eigenvalue weighted by molar-refractivity contribution is 7.20. The molecule has 2 amide bonds. The van der Waals surface area contributed by atoms with E-state index in [-0.39, 0.29) is 17.7 Å². The van der Waals surface area contributed by atoms with Crippen molar-refractivity contribution in [1.82, 2.24) is 20.2 Å². The van der Waals surface area contributed by atoms with Gasteiger partial charge in [-0.05, 0) is 49.4 Å². The Kier molecular flexibility index (Phi) is 5.09. The van der Waals surface area contributed by atoms with Gasteiger partial charge in [0.2, 0.25) is 0 Å². The molecule has 1 fully saturated rings. The van der Waals surface area contributed by atoms with Crippen molar-refractivity contribution >= 4 is 33.4 Å². The molecule has 1 aliphatic rings. The number of likely N-dealkylation sites (tertiary alicyclic amines) is 1. The van der Waals surface area contributed by atoms with E-state index in [0.29, 0.717) is 18.8 Å². The lowest BCUT2D eigenvalue weighted by atomic mass is 9.87. The first-order chi connectivity index (χ1) is 13.6. The van der Waals surface area contributed by atoms with E-state index in [9.17, 15) is 9.59 Å². The average molecular weight is 395 g/mol. The molecule has 0 bridgehead atoms. The van der Waals surface area contributed by atoms with Gasteiger partial charge in [0.25, 0.3) is 11.8 Å². The number of fused-ring (bicyclic) bond motifs is 1. The molecule has 6 nitrogen and oxygen atoms in total. The molecule has 0 spiro atoms. The Hall–Kier alpha value is -2.80. The summed E-state index contributed by atoms with van der Waals surface area (Å²) in [7, 11) is 1.65. The van der Waals surface area contributed by atoms with Crippen molar-refractivity contribution in [2.75, 3.05) is 20.1 Å². The van der Waals surface area contributed by atoms with E-state index >= 15 is 0 Å². The molecule has 0 saturated carbocycles. The summed E-state index contributed by atoms with van der Waals surface area (Å²) in [6.07, 6.45) is 3.40. The minimum Gasteiger partial charge on any atom is -0.354 e. The van der Waals surface area contributed by atoms with Gasteiger partial charge in [0.1, 0.15) is 10.5 Å². The van der Waals surface area contributed by atoms with Crippen molar-refractivity contribution in [2.24, 2.45) is 0 Å². The lowest BCUT2D eigenvalue weighted by Gasteiger charge is -2.32. The summed E-state index contributed by atoms with van der Waals surface area (Å²) < 4.78 is 0. The molecule has 0 radical (unpaired) electrons. The van der Waals surface area contributed by atoms with Crippen molar-refractivity contribution in [3.05, 3.63) is 58.4 Å². The Morgan fingerprint density at radius 3 is 2.68 bits per heavy atom. The van der Waals surface area contributed by atoms with Crippen molar-refractivity contribution in [1.29, 1.82) is 0 Å². The van der Waals surface area contributed by atoms with Crippen LogP contribution in [-0.2, 0) is 0 Å². The number of carbonyl (C=O) groups excluding carboxylic acids is 2. The quantitative estimate of drug-likeness (QED) is 0.739. The highest BCUT2D eigenvalue weighted by Gasteiger charge is 2.30. The van der Waals surface area contributed by atoms with Crippen LogP contribution in [0.3, 0.4) is 0 Å². The monoisotopic (exact) mass is 394 g/mol. The van der Waals surface area contributed by atoms with Gasteiger partial charge in [-0.1, -0.05) is 12.1 Å². The maximum absolute atomic E-state index is 12.8. The van der Waals surface area contributed by atoms with Crippen molar-refractivity contribution in [3.63, 3.8) is 0 Å². The van der Waals surface area contributed by atoms with Crippen LogP contribution in [0.25, 0.3) is 10.2 Å². The van der Waals surface area contributed by atoms with Crippen LogP contribution in [0, 0.1) is 6.92 Å². The molecule has 4 rings (SSSR count). The van der Waals surface area contributed by atoms with Crippen LogP contribution in [0.4, 0.5) is 0 Å². The van der Waals surface area contributed by atoms with E-state index in [2.05, 4.69) is 15.3 Å². The van der Waals surface area contributed by atoms with Crippen molar-refractivity contribution in [2.45, 2.75) is 25.7 Å². The van der Waals surface area contributed by atoms with Gasteiger partial charge in [-0.2, -0.15) is 0 Å².